The van der Waals surface area contributed by atoms with E-state index in [1.807, 2.05) is 28.8 Å². The van der Waals surface area contributed by atoms with Crippen LogP contribution in [0, 0.1) is 6.92 Å². The summed E-state index contributed by atoms with van der Waals surface area (Å²) in [5.74, 6) is 0.862. The number of hydrogen-bond donors (Lipinski definition) is 0. The molecule has 0 amide bonds. The van der Waals surface area contributed by atoms with E-state index >= 15 is 0 Å². The molecule has 4 aromatic rings. The molecule has 0 bridgehead atoms. The van der Waals surface area contributed by atoms with Crippen molar-refractivity contribution in [3.05, 3.63) is 65.7 Å². The molecule has 1 aromatic carbocycles. The molecule has 108 valence electrons. The maximum absolute atomic E-state index is 4.65. The molecule has 3 aromatic heterocycles. The second kappa shape index (κ2) is 5.31. The minimum absolute atomic E-state index is 0.730. The van der Waals surface area contributed by atoms with Gasteiger partial charge in [-0.25, -0.2) is 0 Å². The van der Waals surface area contributed by atoms with Gasteiger partial charge in [0.25, 0.3) is 0 Å². The van der Waals surface area contributed by atoms with E-state index in [2.05, 4.69) is 39.3 Å². The van der Waals surface area contributed by atoms with Gasteiger partial charge in [-0.2, -0.15) is 9.61 Å². The molecule has 0 unspecified atom stereocenters. The topological polar surface area (TPSA) is 56.0 Å². The maximum Gasteiger partial charge on any atom is 0.234 e. The molecule has 0 aliphatic heterocycles. The molecule has 0 fully saturated rings. The van der Waals surface area contributed by atoms with Crippen molar-refractivity contribution in [1.29, 1.82) is 0 Å². The van der Waals surface area contributed by atoms with E-state index in [9.17, 15) is 0 Å². The van der Waals surface area contributed by atoms with Crippen LogP contribution in [-0.4, -0.2) is 24.8 Å². The summed E-state index contributed by atoms with van der Waals surface area (Å²) >= 11 is 1.54. The smallest absolute Gasteiger partial charge is 0.234 e. The fourth-order valence-corrected chi connectivity index (χ4v) is 3.22. The molecule has 22 heavy (non-hydrogen) atoms. The van der Waals surface area contributed by atoms with Crippen LogP contribution in [0.4, 0.5) is 0 Å². The fourth-order valence-electron chi connectivity index (χ4n) is 2.36. The van der Waals surface area contributed by atoms with Crippen molar-refractivity contribution >= 4 is 16.3 Å². The summed E-state index contributed by atoms with van der Waals surface area (Å²) < 4.78 is 1.84. The quantitative estimate of drug-likeness (QED) is 0.583. The third-order valence-electron chi connectivity index (χ3n) is 3.59. The lowest BCUT2D eigenvalue weighted by molar-refractivity contribution is 0.851. The van der Waals surface area contributed by atoms with Gasteiger partial charge < -0.3 is 0 Å². The van der Waals surface area contributed by atoms with Crippen LogP contribution in [0.2, 0.25) is 0 Å². The van der Waals surface area contributed by atoms with Gasteiger partial charge in [0.1, 0.15) is 5.01 Å². The molecule has 4 rings (SSSR count). The summed E-state index contributed by atoms with van der Waals surface area (Å²) in [5, 5.41) is 14.1. The first-order chi connectivity index (χ1) is 10.8. The van der Waals surface area contributed by atoms with Crippen molar-refractivity contribution in [2.24, 2.45) is 0 Å². The summed E-state index contributed by atoms with van der Waals surface area (Å²) in [4.78, 5) is 4.85. The summed E-state index contributed by atoms with van der Waals surface area (Å²) in [6.07, 6.45) is 4.27. The Morgan fingerprint density at radius 3 is 2.68 bits per heavy atom. The highest BCUT2D eigenvalue weighted by Crippen LogP contribution is 2.25. The molecule has 0 atom stereocenters. The van der Waals surface area contributed by atoms with E-state index in [4.69, 9.17) is 0 Å². The van der Waals surface area contributed by atoms with Crippen molar-refractivity contribution in [2.75, 3.05) is 0 Å². The third-order valence-corrected chi connectivity index (χ3v) is 4.54. The second-order valence-electron chi connectivity index (χ2n) is 5.06. The number of benzene rings is 1. The molecule has 0 N–H and O–H groups in total. The van der Waals surface area contributed by atoms with Crippen molar-refractivity contribution in [2.45, 2.75) is 13.3 Å². The third kappa shape index (κ3) is 2.27. The highest BCUT2D eigenvalue weighted by molar-refractivity contribution is 7.19. The maximum atomic E-state index is 4.65. The average molecular weight is 307 g/mol. The molecular formula is C16H13N5S. The Labute approximate surface area is 131 Å². The number of pyridine rings is 1. The van der Waals surface area contributed by atoms with Crippen LogP contribution < -0.4 is 0 Å². The second-order valence-corrected chi connectivity index (χ2v) is 6.01. The molecule has 6 heteroatoms. The molecule has 5 nitrogen and oxygen atoms in total. The van der Waals surface area contributed by atoms with Gasteiger partial charge in [0.15, 0.2) is 5.82 Å². The Balaban J connectivity index is 1.74. The van der Waals surface area contributed by atoms with E-state index in [0.29, 0.717) is 0 Å². The van der Waals surface area contributed by atoms with Crippen LogP contribution in [-0.2, 0) is 6.42 Å². The summed E-state index contributed by atoms with van der Waals surface area (Å²) in [6.45, 7) is 2.11. The molecule has 0 saturated heterocycles. The van der Waals surface area contributed by atoms with Gasteiger partial charge in [-0.05, 0) is 30.2 Å². The van der Waals surface area contributed by atoms with E-state index in [-0.39, 0.29) is 0 Å². The van der Waals surface area contributed by atoms with Gasteiger partial charge >= 0.3 is 0 Å². The highest BCUT2D eigenvalue weighted by Gasteiger charge is 2.13. The van der Waals surface area contributed by atoms with Crippen molar-refractivity contribution in [1.82, 2.24) is 24.8 Å². The summed E-state index contributed by atoms with van der Waals surface area (Å²) in [7, 11) is 0. The van der Waals surface area contributed by atoms with Gasteiger partial charge in [0.05, 0.1) is 0 Å². The monoisotopic (exact) mass is 307 g/mol. The van der Waals surface area contributed by atoms with E-state index in [1.165, 1.54) is 22.5 Å². The van der Waals surface area contributed by atoms with Crippen molar-refractivity contribution in [3.63, 3.8) is 0 Å². The summed E-state index contributed by atoms with van der Waals surface area (Å²) in [6, 6.07) is 12.2. The van der Waals surface area contributed by atoms with Crippen LogP contribution in [0.3, 0.4) is 0 Å². The van der Waals surface area contributed by atoms with Crippen LogP contribution in [0.15, 0.2) is 48.8 Å². The molecular weight excluding hydrogens is 294 g/mol. The Hall–Kier alpha value is -2.60. The lowest BCUT2D eigenvalue weighted by atomic mass is 10.1. The molecule has 0 aliphatic carbocycles. The van der Waals surface area contributed by atoms with Crippen LogP contribution in [0.25, 0.3) is 15.5 Å². The molecule has 0 spiro atoms. The van der Waals surface area contributed by atoms with Gasteiger partial charge in [-0.1, -0.05) is 35.6 Å². The number of rotatable bonds is 3. The average Bonchev–Trinajstić information content (AvgIpc) is 3.12. The predicted molar refractivity (Wildman–Crippen MR) is 85.9 cm³/mol. The normalized spacial score (nSPS) is 11.1. The number of fused-ring (bicyclic) bond motifs is 1. The van der Waals surface area contributed by atoms with Gasteiger partial charge in [-0.3, -0.25) is 4.98 Å². The van der Waals surface area contributed by atoms with E-state index < -0.39 is 0 Å². The largest absolute Gasteiger partial charge is 0.265 e. The SMILES string of the molecule is Cc1ccccc1Cc1nnc2sc(-c3ccncc3)nn12. The first-order valence-corrected chi connectivity index (χ1v) is 7.79. The van der Waals surface area contributed by atoms with Crippen molar-refractivity contribution < 1.29 is 0 Å². The van der Waals surface area contributed by atoms with E-state index in [0.717, 1.165) is 27.8 Å². The van der Waals surface area contributed by atoms with Gasteiger partial charge in [0.2, 0.25) is 4.96 Å². The van der Waals surface area contributed by atoms with Gasteiger partial charge in [-0.15, -0.1) is 10.2 Å². The molecule has 0 radical (unpaired) electrons. The van der Waals surface area contributed by atoms with E-state index in [1.54, 1.807) is 12.4 Å². The standard InChI is InChI=1S/C16H13N5S/c1-11-4-2-3-5-13(11)10-14-18-19-16-21(14)20-15(22-16)12-6-8-17-9-7-12/h2-9H,10H2,1H3. The molecule has 0 saturated carbocycles. The van der Waals surface area contributed by atoms with Crippen LogP contribution >= 0.6 is 11.3 Å². The van der Waals surface area contributed by atoms with Crippen molar-refractivity contribution in [3.8, 4) is 10.6 Å². The number of aromatic nitrogens is 5. The zero-order valence-electron chi connectivity index (χ0n) is 12.0. The Morgan fingerprint density at radius 2 is 1.86 bits per heavy atom. The number of nitrogens with zero attached hydrogens (tertiary/aromatic N) is 5. The summed E-state index contributed by atoms with van der Waals surface area (Å²) in [5.41, 5.74) is 3.55. The Kier molecular flexibility index (Phi) is 3.16. The molecule has 3 heterocycles. The van der Waals surface area contributed by atoms with Crippen LogP contribution in [0.1, 0.15) is 17.0 Å². The van der Waals surface area contributed by atoms with Crippen LogP contribution in [0.5, 0.6) is 0 Å². The zero-order chi connectivity index (χ0) is 14.9. The molecule has 0 aliphatic rings. The van der Waals surface area contributed by atoms with Gasteiger partial charge in [0, 0.05) is 24.4 Å². The zero-order valence-corrected chi connectivity index (χ0v) is 12.8. The number of hydrogen-bond acceptors (Lipinski definition) is 5. The Bertz CT molecular complexity index is 926. The highest BCUT2D eigenvalue weighted by atomic mass is 32.1. The number of aryl methyl sites for hydroxylation is 1. The first-order valence-electron chi connectivity index (χ1n) is 6.97. The predicted octanol–water partition coefficient (Wildman–Crippen LogP) is 3.15. The minimum Gasteiger partial charge on any atom is -0.265 e. The Morgan fingerprint density at radius 1 is 1.05 bits per heavy atom. The lowest BCUT2D eigenvalue weighted by Crippen LogP contribution is -1.99. The first kappa shape index (κ1) is 13.1. The fraction of sp³-hybridized carbons (Fsp3) is 0.125. The minimum atomic E-state index is 0.730. The lowest BCUT2D eigenvalue weighted by Gasteiger charge is -2.02.